The van der Waals surface area contributed by atoms with Gasteiger partial charge in [-0.3, -0.25) is 0 Å². The highest BCUT2D eigenvalue weighted by molar-refractivity contribution is 5.13. The highest BCUT2D eigenvalue weighted by atomic mass is 14.6. The lowest BCUT2D eigenvalue weighted by molar-refractivity contribution is 0.309. The number of rotatable bonds is 1. The van der Waals surface area contributed by atoms with Crippen LogP contribution in [0.3, 0.4) is 0 Å². The van der Waals surface area contributed by atoms with E-state index in [0.717, 1.165) is 11.8 Å². The predicted molar refractivity (Wildman–Crippen MR) is 65.6 cm³/mol. The fraction of sp³-hybridized carbons (Fsp3) is 0.857. The minimum atomic E-state index is 0.347. The molecule has 0 spiro atoms. The van der Waals surface area contributed by atoms with Crippen LogP contribution in [0.25, 0.3) is 0 Å². The van der Waals surface area contributed by atoms with Crippen molar-refractivity contribution in [3.63, 3.8) is 0 Å². The van der Waals surface area contributed by atoms with Crippen molar-refractivity contribution in [2.75, 3.05) is 0 Å². The van der Waals surface area contributed by atoms with E-state index in [2.05, 4.69) is 13.0 Å². The lowest BCUT2D eigenvalue weighted by Crippen LogP contribution is -2.19. The smallest absolute Gasteiger partial charge is 0.0226 e. The van der Waals surface area contributed by atoms with E-state index in [1.165, 1.54) is 51.4 Å². The fourth-order valence-electron chi connectivity index (χ4n) is 3.26. The molecule has 86 valence electrons. The zero-order valence-electron chi connectivity index (χ0n) is 10.0. The Labute approximate surface area is 94.1 Å². The first-order valence-electron chi connectivity index (χ1n) is 6.72. The van der Waals surface area contributed by atoms with E-state index in [9.17, 15) is 0 Å². The highest BCUT2D eigenvalue weighted by Crippen LogP contribution is 2.36. The first-order valence-corrected chi connectivity index (χ1v) is 6.72. The molecule has 0 radical (unpaired) electrons. The maximum atomic E-state index is 6.09. The molecule has 0 heterocycles. The van der Waals surface area contributed by atoms with Gasteiger partial charge in [0.25, 0.3) is 0 Å². The van der Waals surface area contributed by atoms with Gasteiger partial charge >= 0.3 is 0 Å². The molecule has 1 fully saturated rings. The van der Waals surface area contributed by atoms with Gasteiger partial charge in [-0.05, 0) is 43.9 Å². The minimum Gasteiger partial charge on any atom is -0.324 e. The summed E-state index contributed by atoms with van der Waals surface area (Å²) in [4.78, 5) is 0. The summed E-state index contributed by atoms with van der Waals surface area (Å²) < 4.78 is 0. The zero-order valence-corrected chi connectivity index (χ0v) is 10.0. The summed E-state index contributed by atoms with van der Waals surface area (Å²) in [5.41, 5.74) is 7.79. The van der Waals surface area contributed by atoms with Crippen LogP contribution in [0.2, 0.25) is 0 Å². The summed E-state index contributed by atoms with van der Waals surface area (Å²) in [6.45, 7) is 2.41. The predicted octanol–water partition coefficient (Wildman–Crippen LogP) is 3.64. The molecule has 3 atom stereocenters. The van der Waals surface area contributed by atoms with Crippen molar-refractivity contribution in [3.8, 4) is 0 Å². The van der Waals surface area contributed by atoms with Crippen LogP contribution in [-0.4, -0.2) is 6.04 Å². The molecule has 15 heavy (non-hydrogen) atoms. The number of hydrogen-bond donors (Lipinski definition) is 1. The number of hydrogen-bond acceptors (Lipinski definition) is 1. The Kier molecular flexibility index (Phi) is 3.85. The summed E-state index contributed by atoms with van der Waals surface area (Å²) >= 11 is 0. The second kappa shape index (κ2) is 5.16. The van der Waals surface area contributed by atoms with Crippen LogP contribution >= 0.6 is 0 Å². The van der Waals surface area contributed by atoms with E-state index in [4.69, 9.17) is 5.73 Å². The van der Waals surface area contributed by atoms with E-state index in [1.54, 1.807) is 5.57 Å². The Bertz CT molecular complexity index is 231. The third-order valence-electron chi connectivity index (χ3n) is 4.14. The maximum Gasteiger partial charge on any atom is 0.0226 e. The fourth-order valence-corrected chi connectivity index (χ4v) is 3.26. The minimum absolute atomic E-state index is 0.347. The van der Waals surface area contributed by atoms with Gasteiger partial charge in [0.05, 0.1) is 0 Å². The molecule has 3 unspecified atom stereocenters. The lowest BCUT2D eigenvalue weighted by atomic mass is 9.77. The van der Waals surface area contributed by atoms with Gasteiger partial charge in [-0.2, -0.15) is 0 Å². The van der Waals surface area contributed by atoms with Gasteiger partial charge in [0.15, 0.2) is 0 Å². The van der Waals surface area contributed by atoms with Gasteiger partial charge in [-0.1, -0.05) is 37.8 Å². The van der Waals surface area contributed by atoms with Gasteiger partial charge in [0, 0.05) is 6.04 Å². The topological polar surface area (TPSA) is 26.0 Å². The van der Waals surface area contributed by atoms with Crippen molar-refractivity contribution in [2.24, 2.45) is 17.6 Å². The van der Waals surface area contributed by atoms with Gasteiger partial charge in [-0.25, -0.2) is 0 Å². The SMILES string of the molecule is CC1CCCC(C2=CC(N)CCCC2)C1. The van der Waals surface area contributed by atoms with Crippen molar-refractivity contribution in [1.29, 1.82) is 0 Å². The monoisotopic (exact) mass is 207 g/mol. The third kappa shape index (κ3) is 3.07. The summed E-state index contributed by atoms with van der Waals surface area (Å²) in [7, 11) is 0. The van der Waals surface area contributed by atoms with Crippen LogP contribution < -0.4 is 5.73 Å². The van der Waals surface area contributed by atoms with E-state index >= 15 is 0 Å². The van der Waals surface area contributed by atoms with Crippen LogP contribution in [0, 0.1) is 11.8 Å². The van der Waals surface area contributed by atoms with Crippen molar-refractivity contribution in [1.82, 2.24) is 0 Å². The van der Waals surface area contributed by atoms with Crippen molar-refractivity contribution in [3.05, 3.63) is 11.6 Å². The van der Waals surface area contributed by atoms with Gasteiger partial charge < -0.3 is 5.73 Å². The maximum absolute atomic E-state index is 6.09. The second-order valence-electron chi connectivity index (χ2n) is 5.62. The van der Waals surface area contributed by atoms with Gasteiger partial charge in [0.1, 0.15) is 0 Å². The van der Waals surface area contributed by atoms with Crippen LogP contribution in [-0.2, 0) is 0 Å². The Morgan fingerprint density at radius 3 is 2.80 bits per heavy atom. The second-order valence-corrected chi connectivity index (χ2v) is 5.62. The summed E-state index contributed by atoms with van der Waals surface area (Å²) in [6, 6.07) is 0.347. The van der Waals surface area contributed by atoms with E-state index in [0.29, 0.717) is 6.04 Å². The molecule has 0 aromatic heterocycles. The molecule has 0 aliphatic heterocycles. The average Bonchev–Trinajstić information content (AvgIpc) is 2.43. The molecular formula is C14H25N. The van der Waals surface area contributed by atoms with Crippen molar-refractivity contribution in [2.45, 2.75) is 64.3 Å². The third-order valence-corrected chi connectivity index (χ3v) is 4.14. The molecule has 2 aliphatic carbocycles. The molecule has 2 aliphatic rings. The lowest BCUT2D eigenvalue weighted by Gasteiger charge is -2.29. The molecule has 2 rings (SSSR count). The Balaban J connectivity index is 2.00. The first kappa shape index (κ1) is 11.2. The molecule has 0 saturated heterocycles. The number of nitrogens with two attached hydrogens (primary N) is 1. The van der Waals surface area contributed by atoms with Crippen LogP contribution in [0.1, 0.15) is 58.3 Å². The summed E-state index contributed by atoms with van der Waals surface area (Å²) in [6.07, 6.45) is 13.3. The van der Waals surface area contributed by atoms with Crippen molar-refractivity contribution >= 4 is 0 Å². The summed E-state index contributed by atoms with van der Waals surface area (Å²) in [5, 5.41) is 0. The normalized spacial score (nSPS) is 38.3. The molecule has 0 aromatic carbocycles. The summed E-state index contributed by atoms with van der Waals surface area (Å²) in [5.74, 6) is 1.81. The molecule has 2 N–H and O–H groups in total. The molecule has 1 nitrogen and oxygen atoms in total. The molecule has 0 amide bonds. The number of allylic oxidation sites excluding steroid dienone is 1. The Morgan fingerprint density at radius 2 is 2.00 bits per heavy atom. The highest BCUT2D eigenvalue weighted by Gasteiger charge is 2.23. The van der Waals surface area contributed by atoms with Gasteiger partial charge in [0.2, 0.25) is 0 Å². The Morgan fingerprint density at radius 1 is 1.13 bits per heavy atom. The first-order chi connectivity index (χ1) is 7.25. The van der Waals surface area contributed by atoms with Crippen LogP contribution in [0.5, 0.6) is 0 Å². The van der Waals surface area contributed by atoms with E-state index in [-0.39, 0.29) is 0 Å². The Hall–Kier alpha value is -0.300. The quantitative estimate of drug-likeness (QED) is 0.653. The van der Waals surface area contributed by atoms with Crippen molar-refractivity contribution < 1.29 is 0 Å². The molecular weight excluding hydrogens is 182 g/mol. The van der Waals surface area contributed by atoms with E-state index in [1.807, 2.05) is 0 Å². The standard InChI is InChI=1S/C14H25N/c1-11-5-4-7-12(9-11)13-6-2-3-8-14(15)10-13/h10-12,14H,2-9,15H2,1H3. The van der Waals surface area contributed by atoms with E-state index < -0.39 is 0 Å². The average molecular weight is 207 g/mol. The van der Waals surface area contributed by atoms with Crippen LogP contribution in [0.15, 0.2) is 11.6 Å². The largest absolute Gasteiger partial charge is 0.324 e. The molecule has 0 bridgehead atoms. The van der Waals surface area contributed by atoms with Gasteiger partial charge in [-0.15, -0.1) is 0 Å². The molecule has 1 heteroatoms. The van der Waals surface area contributed by atoms with Crippen LogP contribution in [0.4, 0.5) is 0 Å². The molecule has 0 aromatic rings. The zero-order chi connectivity index (χ0) is 10.7. The molecule has 1 saturated carbocycles.